The Kier molecular flexibility index (Phi) is 5.51. The van der Waals surface area contributed by atoms with Gasteiger partial charge in [0.2, 0.25) is 0 Å². The number of hydrogen-bond donors (Lipinski definition) is 0. The molecule has 0 bridgehead atoms. The lowest BCUT2D eigenvalue weighted by Gasteiger charge is -2.24. The van der Waals surface area contributed by atoms with Crippen LogP contribution in [0.3, 0.4) is 0 Å². The van der Waals surface area contributed by atoms with E-state index in [0.29, 0.717) is 0 Å². The zero-order valence-corrected chi connectivity index (χ0v) is 9.02. The normalized spacial score (nSPS) is 11.5. The summed E-state index contributed by atoms with van der Waals surface area (Å²) < 4.78 is 5.46. The van der Waals surface area contributed by atoms with Gasteiger partial charge in [0, 0.05) is 12.8 Å². The van der Waals surface area contributed by atoms with Gasteiger partial charge in [-0.05, 0) is 6.92 Å². The van der Waals surface area contributed by atoms with Crippen LogP contribution in [0.25, 0.3) is 0 Å². The minimum atomic E-state index is -1.20. The molecule has 0 amide bonds. The molecule has 0 rings (SSSR count). The summed E-state index contributed by atoms with van der Waals surface area (Å²) in [5.74, 6) is 0. The molecule has 0 aliphatic heterocycles. The van der Waals surface area contributed by atoms with E-state index >= 15 is 0 Å². The van der Waals surface area contributed by atoms with Crippen LogP contribution in [-0.2, 0) is 4.74 Å². The van der Waals surface area contributed by atoms with Crippen molar-refractivity contribution in [3.05, 3.63) is 12.3 Å². The first-order valence-corrected chi connectivity index (χ1v) is 7.15. The zero-order chi connectivity index (χ0) is 8.74. The summed E-state index contributed by atoms with van der Waals surface area (Å²) in [6.45, 7) is 11.3. The third-order valence-electron chi connectivity index (χ3n) is 2.43. The number of hydrogen-bond acceptors (Lipinski definition) is 1. The van der Waals surface area contributed by atoms with Gasteiger partial charge in [0.1, 0.15) is 8.07 Å². The Morgan fingerprint density at radius 3 is 2.09 bits per heavy atom. The highest BCUT2D eigenvalue weighted by molar-refractivity contribution is 6.84. The second kappa shape index (κ2) is 5.55. The van der Waals surface area contributed by atoms with E-state index in [1.54, 1.807) is 0 Å². The van der Waals surface area contributed by atoms with E-state index in [4.69, 9.17) is 4.74 Å². The molecule has 0 fully saturated rings. The molecule has 0 atom stereocenters. The minimum absolute atomic E-state index is 0.836. The van der Waals surface area contributed by atoms with E-state index < -0.39 is 8.07 Å². The van der Waals surface area contributed by atoms with Crippen molar-refractivity contribution in [3.8, 4) is 0 Å². The Balaban J connectivity index is 3.94. The van der Waals surface area contributed by atoms with E-state index in [1.807, 2.05) is 6.92 Å². The Morgan fingerprint density at radius 2 is 1.82 bits per heavy atom. The van der Waals surface area contributed by atoms with Crippen molar-refractivity contribution in [3.63, 3.8) is 0 Å². The lowest BCUT2D eigenvalue weighted by Crippen LogP contribution is -2.36. The summed E-state index contributed by atoms with van der Waals surface area (Å²) in [7, 11) is -1.20. The average molecular weight is 172 g/mol. The largest absolute Gasteiger partial charge is 0.385 e. The molecule has 66 valence electrons. The van der Waals surface area contributed by atoms with Crippen LogP contribution < -0.4 is 0 Å². The molecule has 1 nitrogen and oxygen atoms in total. The van der Waals surface area contributed by atoms with Gasteiger partial charge in [0.05, 0.1) is 0 Å². The van der Waals surface area contributed by atoms with Gasteiger partial charge in [-0.3, -0.25) is 0 Å². The van der Waals surface area contributed by atoms with Crippen LogP contribution in [0, 0.1) is 0 Å². The van der Waals surface area contributed by atoms with E-state index in [2.05, 4.69) is 26.1 Å². The van der Waals surface area contributed by atoms with Gasteiger partial charge < -0.3 is 4.74 Å². The first-order chi connectivity index (χ1) is 5.24. The molecule has 0 aliphatic carbocycles. The molecule has 0 unspecified atom stereocenters. The van der Waals surface area contributed by atoms with Crippen LogP contribution in [0.4, 0.5) is 0 Å². The van der Waals surface area contributed by atoms with Crippen LogP contribution in [0.1, 0.15) is 20.8 Å². The van der Waals surface area contributed by atoms with E-state index in [9.17, 15) is 0 Å². The second-order valence-electron chi connectivity index (χ2n) is 2.91. The highest BCUT2D eigenvalue weighted by atomic mass is 28.3. The van der Waals surface area contributed by atoms with Crippen LogP contribution >= 0.6 is 0 Å². The summed E-state index contributed by atoms with van der Waals surface area (Å²) >= 11 is 0. The smallest absolute Gasteiger partial charge is 0.106 e. The number of rotatable bonds is 6. The van der Waals surface area contributed by atoms with Crippen molar-refractivity contribution in [1.82, 2.24) is 0 Å². The van der Waals surface area contributed by atoms with Crippen LogP contribution in [0.5, 0.6) is 0 Å². The summed E-state index contributed by atoms with van der Waals surface area (Å²) in [6, 6.07) is 2.51. The Hall–Kier alpha value is -0.0831. The van der Waals surface area contributed by atoms with Crippen LogP contribution in [0.15, 0.2) is 12.3 Å². The van der Waals surface area contributed by atoms with E-state index in [1.165, 1.54) is 12.1 Å². The van der Waals surface area contributed by atoms with Gasteiger partial charge in [-0.1, -0.05) is 31.6 Å². The van der Waals surface area contributed by atoms with Crippen molar-refractivity contribution in [2.45, 2.75) is 32.9 Å². The molecule has 11 heavy (non-hydrogen) atoms. The molecule has 0 saturated heterocycles. The molecule has 0 aromatic rings. The summed E-state index contributed by atoms with van der Waals surface area (Å²) in [5, 5.41) is 0. The van der Waals surface area contributed by atoms with Gasteiger partial charge in [-0.25, -0.2) is 0 Å². The fourth-order valence-corrected chi connectivity index (χ4v) is 3.32. The Morgan fingerprint density at radius 1 is 1.27 bits per heavy atom. The first-order valence-electron chi connectivity index (χ1n) is 4.46. The molecule has 0 aromatic carbocycles. The van der Waals surface area contributed by atoms with Crippen molar-refractivity contribution in [2.75, 3.05) is 12.8 Å². The number of ether oxygens (including phenoxy) is 1. The van der Waals surface area contributed by atoms with Gasteiger partial charge >= 0.3 is 0 Å². The van der Waals surface area contributed by atoms with Gasteiger partial charge in [0.25, 0.3) is 0 Å². The maximum atomic E-state index is 5.46. The highest BCUT2D eigenvalue weighted by Crippen LogP contribution is 2.16. The van der Waals surface area contributed by atoms with Crippen molar-refractivity contribution in [1.29, 1.82) is 0 Å². The molecular weight excluding hydrogens is 152 g/mol. The maximum absolute atomic E-state index is 5.46. The SMILES string of the molecule is C=C[Si](CC)(CC)COCC. The molecular formula is C9H20OSi. The first kappa shape index (κ1) is 10.9. The topological polar surface area (TPSA) is 9.23 Å². The molecule has 0 saturated carbocycles. The molecule has 0 spiro atoms. The minimum Gasteiger partial charge on any atom is -0.385 e. The molecule has 0 aliphatic rings. The van der Waals surface area contributed by atoms with Gasteiger partial charge in [-0.15, -0.1) is 6.58 Å². The molecule has 0 radical (unpaired) electrons. The predicted molar refractivity (Wildman–Crippen MR) is 53.4 cm³/mol. The molecule has 2 heteroatoms. The summed E-state index contributed by atoms with van der Waals surface area (Å²) in [4.78, 5) is 0. The van der Waals surface area contributed by atoms with Gasteiger partial charge in [-0.2, -0.15) is 0 Å². The molecule has 0 heterocycles. The van der Waals surface area contributed by atoms with E-state index in [0.717, 1.165) is 12.8 Å². The second-order valence-corrected chi connectivity index (χ2v) is 7.75. The molecule has 0 aromatic heterocycles. The Labute approximate surface area is 71.5 Å². The average Bonchev–Trinajstić information content (AvgIpc) is 2.08. The lowest BCUT2D eigenvalue weighted by atomic mass is 10.9. The van der Waals surface area contributed by atoms with Crippen LogP contribution in [0.2, 0.25) is 12.1 Å². The highest BCUT2D eigenvalue weighted by Gasteiger charge is 2.24. The third kappa shape index (κ3) is 3.21. The third-order valence-corrected chi connectivity index (χ3v) is 6.90. The van der Waals surface area contributed by atoms with Crippen LogP contribution in [-0.4, -0.2) is 20.9 Å². The quantitative estimate of drug-likeness (QED) is 0.560. The maximum Gasteiger partial charge on any atom is 0.106 e. The summed E-state index contributed by atoms with van der Waals surface area (Å²) in [5.41, 5.74) is 2.17. The van der Waals surface area contributed by atoms with Crippen molar-refractivity contribution < 1.29 is 4.74 Å². The lowest BCUT2D eigenvalue weighted by molar-refractivity contribution is 0.188. The standard InChI is InChI=1S/C9H20OSi/c1-5-10-9-11(6-2,7-3)8-4/h6H,2,5,7-9H2,1,3-4H3. The summed E-state index contributed by atoms with van der Waals surface area (Å²) in [6.07, 6.45) is 0.958. The molecule has 0 N–H and O–H groups in total. The fraction of sp³-hybridized carbons (Fsp3) is 0.778. The zero-order valence-electron chi connectivity index (χ0n) is 8.02. The van der Waals surface area contributed by atoms with Crippen molar-refractivity contribution in [2.24, 2.45) is 0 Å². The van der Waals surface area contributed by atoms with Crippen molar-refractivity contribution >= 4 is 8.07 Å². The predicted octanol–water partition coefficient (Wildman–Crippen LogP) is 2.78. The Bertz CT molecular complexity index is 108. The van der Waals surface area contributed by atoms with Gasteiger partial charge in [0.15, 0.2) is 0 Å². The monoisotopic (exact) mass is 172 g/mol. The fourth-order valence-electron chi connectivity index (χ4n) is 1.11. The van der Waals surface area contributed by atoms with E-state index in [-0.39, 0.29) is 0 Å².